The van der Waals surface area contributed by atoms with Crippen molar-refractivity contribution in [3.05, 3.63) is 60.1 Å². The molecule has 3 aromatic rings. The van der Waals surface area contributed by atoms with E-state index < -0.39 is 5.97 Å². The summed E-state index contributed by atoms with van der Waals surface area (Å²) in [5.41, 5.74) is 0.817. The van der Waals surface area contributed by atoms with Gasteiger partial charge < -0.3 is 14.5 Å². The quantitative estimate of drug-likeness (QED) is 0.463. The molecule has 27 heavy (non-hydrogen) atoms. The molecule has 0 saturated heterocycles. The first-order valence-electron chi connectivity index (χ1n) is 8.45. The normalized spacial score (nSPS) is 10.7. The summed E-state index contributed by atoms with van der Waals surface area (Å²) < 4.78 is 23.5. The van der Waals surface area contributed by atoms with Crippen molar-refractivity contribution in [3.63, 3.8) is 0 Å². The first-order chi connectivity index (χ1) is 13.1. The number of fused-ring (bicyclic) bond motifs is 1. The van der Waals surface area contributed by atoms with Crippen molar-refractivity contribution in [1.29, 1.82) is 0 Å². The van der Waals surface area contributed by atoms with E-state index in [4.69, 9.17) is 9.15 Å². The van der Waals surface area contributed by atoms with Gasteiger partial charge in [-0.25, -0.2) is 9.18 Å². The molecule has 0 unspecified atom stereocenters. The Kier molecular flexibility index (Phi) is 6.13. The van der Waals surface area contributed by atoms with Crippen LogP contribution >= 0.6 is 11.8 Å². The van der Waals surface area contributed by atoms with E-state index in [0.29, 0.717) is 22.4 Å². The Labute approximate surface area is 159 Å². The zero-order valence-electron chi connectivity index (χ0n) is 14.7. The zero-order valence-corrected chi connectivity index (χ0v) is 15.5. The lowest BCUT2D eigenvalue weighted by molar-refractivity contribution is -0.115. The van der Waals surface area contributed by atoms with Crippen molar-refractivity contribution in [2.75, 3.05) is 17.7 Å². The highest BCUT2D eigenvalue weighted by Gasteiger charge is 2.23. The molecular formula is C20H18FNO4S. The third-order valence-corrected chi connectivity index (χ3v) is 4.75. The number of halogens is 1. The SMILES string of the molecule is CCOC(=O)c1oc2ccccc2c1NC(=O)CCSc1ccc(F)cc1. The average molecular weight is 387 g/mol. The third kappa shape index (κ3) is 4.68. The number of benzene rings is 2. The molecule has 0 fully saturated rings. The van der Waals surface area contributed by atoms with Crippen LogP contribution in [-0.4, -0.2) is 24.2 Å². The monoisotopic (exact) mass is 387 g/mol. The van der Waals surface area contributed by atoms with Gasteiger partial charge in [-0.05, 0) is 43.3 Å². The van der Waals surface area contributed by atoms with Crippen molar-refractivity contribution in [2.45, 2.75) is 18.2 Å². The lowest BCUT2D eigenvalue weighted by atomic mass is 10.2. The molecule has 5 nitrogen and oxygen atoms in total. The number of hydrogen-bond donors (Lipinski definition) is 1. The molecule has 3 rings (SSSR count). The van der Waals surface area contributed by atoms with Crippen LogP contribution in [0.1, 0.15) is 23.9 Å². The highest BCUT2D eigenvalue weighted by atomic mass is 32.2. The van der Waals surface area contributed by atoms with Gasteiger partial charge in [-0.3, -0.25) is 4.79 Å². The van der Waals surface area contributed by atoms with Crippen molar-refractivity contribution in [2.24, 2.45) is 0 Å². The number of carbonyl (C=O) groups excluding carboxylic acids is 2. The minimum atomic E-state index is -0.621. The molecule has 140 valence electrons. The number of amides is 1. The van der Waals surface area contributed by atoms with Gasteiger partial charge in [0.2, 0.25) is 11.7 Å². The Morgan fingerprint density at radius 1 is 1.15 bits per heavy atom. The summed E-state index contributed by atoms with van der Waals surface area (Å²) in [6.45, 7) is 1.91. The maximum atomic E-state index is 12.9. The maximum Gasteiger partial charge on any atom is 0.376 e. The Hall–Kier alpha value is -2.80. The number of nitrogens with one attached hydrogen (secondary N) is 1. The van der Waals surface area contributed by atoms with Crippen LogP contribution in [-0.2, 0) is 9.53 Å². The van der Waals surface area contributed by atoms with Crippen LogP contribution in [0.2, 0.25) is 0 Å². The van der Waals surface area contributed by atoms with Gasteiger partial charge in [-0.1, -0.05) is 12.1 Å². The fourth-order valence-corrected chi connectivity index (χ4v) is 3.36. The first kappa shape index (κ1) is 19.0. The van der Waals surface area contributed by atoms with Crippen molar-refractivity contribution in [3.8, 4) is 0 Å². The van der Waals surface area contributed by atoms with Gasteiger partial charge in [0.05, 0.1) is 6.61 Å². The summed E-state index contributed by atoms with van der Waals surface area (Å²) in [7, 11) is 0. The largest absolute Gasteiger partial charge is 0.460 e. The van der Waals surface area contributed by atoms with E-state index in [1.54, 1.807) is 43.3 Å². The molecule has 1 N–H and O–H groups in total. The molecule has 7 heteroatoms. The molecule has 0 atom stereocenters. The minimum absolute atomic E-state index is 0.0161. The van der Waals surface area contributed by atoms with Crippen LogP contribution in [0.5, 0.6) is 0 Å². The average Bonchev–Trinajstić information content (AvgIpc) is 3.02. The molecule has 1 aromatic heterocycles. The minimum Gasteiger partial charge on any atom is -0.460 e. The predicted molar refractivity (Wildman–Crippen MR) is 103 cm³/mol. The second kappa shape index (κ2) is 8.73. The van der Waals surface area contributed by atoms with Gasteiger partial charge in [0.15, 0.2) is 0 Å². The zero-order chi connectivity index (χ0) is 19.2. The fraction of sp³-hybridized carbons (Fsp3) is 0.200. The number of ether oxygens (including phenoxy) is 1. The summed E-state index contributed by atoms with van der Waals surface area (Å²) in [5, 5.41) is 3.40. The van der Waals surface area contributed by atoms with E-state index in [-0.39, 0.29) is 30.5 Å². The van der Waals surface area contributed by atoms with Crippen LogP contribution in [0.25, 0.3) is 11.0 Å². The topological polar surface area (TPSA) is 68.5 Å². The number of hydrogen-bond acceptors (Lipinski definition) is 5. The number of furan rings is 1. The van der Waals surface area contributed by atoms with Crippen molar-refractivity contribution >= 4 is 40.3 Å². The smallest absolute Gasteiger partial charge is 0.376 e. The number of thioether (sulfide) groups is 1. The number of para-hydroxylation sites is 1. The summed E-state index contributed by atoms with van der Waals surface area (Å²) in [4.78, 5) is 25.4. The van der Waals surface area contributed by atoms with E-state index in [2.05, 4.69) is 5.32 Å². The van der Waals surface area contributed by atoms with E-state index in [1.807, 2.05) is 0 Å². The van der Waals surface area contributed by atoms with Gasteiger partial charge in [0, 0.05) is 22.5 Å². The van der Waals surface area contributed by atoms with E-state index in [0.717, 1.165) is 4.90 Å². The van der Waals surface area contributed by atoms with Gasteiger partial charge in [0.25, 0.3) is 0 Å². The molecule has 1 heterocycles. The summed E-state index contributed by atoms with van der Waals surface area (Å²) in [5.74, 6) is -0.665. The Bertz CT molecular complexity index is 952. The van der Waals surface area contributed by atoms with Crippen molar-refractivity contribution < 1.29 is 23.1 Å². The standard InChI is InChI=1S/C20H18FNO4S/c1-2-25-20(24)19-18(15-5-3-4-6-16(15)26-19)22-17(23)11-12-27-14-9-7-13(21)8-10-14/h3-10H,2,11-12H2,1H3,(H,22,23). The molecule has 0 bridgehead atoms. The summed E-state index contributed by atoms with van der Waals surface area (Å²) in [6.07, 6.45) is 0.226. The Morgan fingerprint density at radius 3 is 2.63 bits per heavy atom. The third-order valence-electron chi connectivity index (χ3n) is 3.73. The van der Waals surface area contributed by atoms with Crippen LogP contribution < -0.4 is 5.32 Å². The Morgan fingerprint density at radius 2 is 1.89 bits per heavy atom. The second-order valence-corrected chi connectivity index (χ2v) is 6.79. The predicted octanol–water partition coefficient (Wildman–Crippen LogP) is 4.87. The van der Waals surface area contributed by atoms with Gasteiger partial charge in [-0.15, -0.1) is 11.8 Å². The molecule has 0 aliphatic rings. The number of carbonyl (C=O) groups is 2. The molecule has 2 aromatic carbocycles. The lowest BCUT2D eigenvalue weighted by Crippen LogP contribution is -2.15. The molecule has 1 amide bonds. The van der Waals surface area contributed by atoms with Gasteiger partial charge in [0.1, 0.15) is 17.1 Å². The first-order valence-corrected chi connectivity index (χ1v) is 9.44. The summed E-state index contributed by atoms with van der Waals surface area (Å²) >= 11 is 1.45. The number of esters is 1. The second-order valence-electron chi connectivity index (χ2n) is 5.62. The molecular weight excluding hydrogens is 369 g/mol. The van der Waals surface area contributed by atoms with Crippen LogP contribution in [0.4, 0.5) is 10.1 Å². The summed E-state index contributed by atoms with van der Waals surface area (Å²) in [6, 6.07) is 13.2. The number of rotatable bonds is 7. The molecule has 0 aliphatic carbocycles. The number of anilines is 1. The van der Waals surface area contributed by atoms with Gasteiger partial charge in [-0.2, -0.15) is 0 Å². The van der Waals surface area contributed by atoms with E-state index >= 15 is 0 Å². The van der Waals surface area contributed by atoms with Crippen LogP contribution in [0, 0.1) is 5.82 Å². The lowest BCUT2D eigenvalue weighted by Gasteiger charge is -2.06. The van der Waals surface area contributed by atoms with E-state index in [9.17, 15) is 14.0 Å². The fourth-order valence-electron chi connectivity index (χ4n) is 2.50. The van der Waals surface area contributed by atoms with Gasteiger partial charge >= 0.3 is 5.97 Å². The van der Waals surface area contributed by atoms with Crippen molar-refractivity contribution in [1.82, 2.24) is 0 Å². The Balaban J connectivity index is 1.69. The molecule has 0 saturated carbocycles. The van der Waals surface area contributed by atoms with Crippen LogP contribution in [0.15, 0.2) is 57.8 Å². The van der Waals surface area contributed by atoms with Crippen LogP contribution in [0.3, 0.4) is 0 Å². The van der Waals surface area contributed by atoms with E-state index in [1.165, 1.54) is 23.9 Å². The highest BCUT2D eigenvalue weighted by molar-refractivity contribution is 7.99. The molecule has 0 spiro atoms. The molecule has 0 aliphatic heterocycles. The highest BCUT2D eigenvalue weighted by Crippen LogP contribution is 2.31. The molecule has 0 radical (unpaired) electrons. The maximum absolute atomic E-state index is 12.9.